The summed E-state index contributed by atoms with van der Waals surface area (Å²) in [6, 6.07) is 4.24. The largest absolute Gasteiger partial charge is 0.507 e. The van der Waals surface area contributed by atoms with Crippen molar-refractivity contribution in [2.24, 2.45) is 5.73 Å². The number of benzene rings is 1. The van der Waals surface area contributed by atoms with E-state index < -0.39 is 34.4 Å². The summed E-state index contributed by atoms with van der Waals surface area (Å²) in [6.07, 6.45) is 6.89. The van der Waals surface area contributed by atoms with Crippen LogP contribution in [0.2, 0.25) is 5.15 Å². The number of aryl methyl sites for hydroxylation is 1. The van der Waals surface area contributed by atoms with Crippen molar-refractivity contribution >= 4 is 34.8 Å². The molecule has 35 heavy (non-hydrogen) atoms. The van der Waals surface area contributed by atoms with Gasteiger partial charge in [-0.1, -0.05) is 35.1 Å². The third-order valence-electron chi connectivity index (χ3n) is 4.70. The normalized spacial score (nSPS) is 11.9. The van der Waals surface area contributed by atoms with E-state index in [9.17, 15) is 23.5 Å². The van der Waals surface area contributed by atoms with Gasteiger partial charge in [0.15, 0.2) is 22.6 Å². The highest BCUT2D eigenvalue weighted by molar-refractivity contribution is 7.14. The van der Waals surface area contributed by atoms with Crippen LogP contribution in [-0.2, 0) is 6.42 Å². The number of rotatable bonds is 10. The van der Waals surface area contributed by atoms with E-state index in [2.05, 4.69) is 4.98 Å². The molecule has 3 rings (SSSR count). The number of allylic oxidation sites excluding steroid dienone is 2. The zero-order valence-corrected chi connectivity index (χ0v) is 20.1. The van der Waals surface area contributed by atoms with Gasteiger partial charge in [0.05, 0.1) is 4.88 Å². The number of Topliss-reactive ketones (excluding diaryl/α,β-unsaturated/α-hetero) is 1. The fourth-order valence-electron chi connectivity index (χ4n) is 3.00. The quantitative estimate of drug-likeness (QED) is 0.153. The lowest BCUT2D eigenvalue weighted by Crippen LogP contribution is -2.16. The number of carbonyl (C=O) groups excluding carboxylic acids is 1. The summed E-state index contributed by atoms with van der Waals surface area (Å²) in [4.78, 5) is 29.5. The van der Waals surface area contributed by atoms with Gasteiger partial charge in [-0.25, -0.2) is 13.6 Å². The Morgan fingerprint density at radius 1 is 1.29 bits per heavy atom. The molecule has 0 saturated carbocycles. The molecule has 0 saturated heterocycles. The van der Waals surface area contributed by atoms with Crippen LogP contribution >= 0.6 is 22.9 Å². The summed E-state index contributed by atoms with van der Waals surface area (Å²) in [7, 11) is 0. The van der Waals surface area contributed by atoms with Crippen molar-refractivity contribution < 1.29 is 27.8 Å². The predicted octanol–water partition coefficient (Wildman–Crippen LogP) is 5.65. The molecule has 0 aliphatic rings. The minimum atomic E-state index is -1.08. The first-order chi connectivity index (χ1) is 16.7. The Morgan fingerprint density at radius 3 is 2.74 bits per heavy atom. The van der Waals surface area contributed by atoms with Gasteiger partial charge in [0.1, 0.15) is 22.8 Å². The van der Waals surface area contributed by atoms with Gasteiger partial charge in [-0.15, -0.1) is 0 Å². The first-order valence-corrected chi connectivity index (χ1v) is 11.6. The number of unbranched alkanes of at least 4 members (excludes halogenated alkanes) is 1. The lowest BCUT2D eigenvalue weighted by molar-refractivity contribution is 0.102. The SMILES string of the molecule is C/C(=C\c1sc(Oc2ccc(F)c(F)c2)nc1Cl)C(=O)c1c(O)cc(CCC/C=C/CN)oc1=O. The average Bonchev–Trinajstić information content (AvgIpc) is 3.14. The molecule has 2 heterocycles. The summed E-state index contributed by atoms with van der Waals surface area (Å²) >= 11 is 7.06. The maximum Gasteiger partial charge on any atom is 0.351 e. The van der Waals surface area contributed by atoms with Crippen molar-refractivity contribution in [2.75, 3.05) is 6.54 Å². The molecule has 0 amide bonds. The van der Waals surface area contributed by atoms with Crippen molar-refractivity contribution in [2.45, 2.75) is 26.2 Å². The number of thiazole rings is 1. The monoisotopic (exact) mass is 522 g/mol. The second kappa shape index (κ2) is 11.9. The zero-order valence-electron chi connectivity index (χ0n) is 18.5. The van der Waals surface area contributed by atoms with Gasteiger partial charge in [0, 0.05) is 25.1 Å². The van der Waals surface area contributed by atoms with Crippen LogP contribution in [0.1, 0.15) is 40.8 Å². The van der Waals surface area contributed by atoms with Crippen LogP contribution in [0, 0.1) is 11.6 Å². The molecule has 0 fully saturated rings. The van der Waals surface area contributed by atoms with Gasteiger partial charge in [0.25, 0.3) is 5.19 Å². The lowest BCUT2D eigenvalue weighted by atomic mass is 10.0. The number of halogens is 3. The highest BCUT2D eigenvalue weighted by Gasteiger charge is 2.21. The fourth-order valence-corrected chi connectivity index (χ4v) is 4.12. The van der Waals surface area contributed by atoms with Gasteiger partial charge < -0.3 is 20.0 Å². The van der Waals surface area contributed by atoms with Crippen LogP contribution in [0.5, 0.6) is 16.7 Å². The molecule has 0 aliphatic heterocycles. The molecule has 7 nitrogen and oxygen atoms in total. The number of ether oxygens (including phenoxy) is 1. The number of carbonyl (C=O) groups is 1. The molecule has 2 aromatic heterocycles. The smallest absolute Gasteiger partial charge is 0.351 e. The van der Waals surface area contributed by atoms with Gasteiger partial charge in [-0.05, 0) is 43.5 Å². The highest BCUT2D eigenvalue weighted by Crippen LogP contribution is 2.34. The summed E-state index contributed by atoms with van der Waals surface area (Å²) in [5.74, 6) is -3.06. The van der Waals surface area contributed by atoms with Crippen molar-refractivity contribution in [1.29, 1.82) is 0 Å². The van der Waals surface area contributed by atoms with E-state index >= 15 is 0 Å². The first kappa shape index (κ1) is 26.3. The molecule has 3 N–H and O–H groups in total. The van der Waals surface area contributed by atoms with Crippen LogP contribution in [-0.4, -0.2) is 22.4 Å². The molecule has 11 heteroatoms. The Kier molecular flexibility index (Phi) is 8.91. The summed E-state index contributed by atoms with van der Waals surface area (Å²) < 4.78 is 37.1. The van der Waals surface area contributed by atoms with Crippen molar-refractivity contribution in [3.8, 4) is 16.7 Å². The second-order valence-electron chi connectivity index (χ2n) is 7.33. The van der Waals surface area contributed by atoms with E-state index in [0.717, 1.165) is 29.9 Å². The molecule has 184 valence electrons. The summed E-state index contributed by atoms with van der Waals surface area (Å²) in [5, 5.41) is 10.3. The molecular formula is C24H21ClF2N2O5S. The minimum absolute atomic E-state index is 0.00461. The van der Waals surface area contributed by atoms with E-state index in [4.69, 9.17) is 26.5 Å². The van der Waals surface area contributed by atoms with E-state index in [-0.39, 0.29) is 27.4 Å². The van der Waals surface area contributed by atoms with Crippen LogP contribution in [0.15, 0.2) is 51.2 Å². The van der Waals surface area contributed by atoms with Crippen molar-refractivity contribution in [3.05, 3.63) is 85.4 Å². The average molecular weight is 523 g/mol. The van der Waals surface area contributed by atoms with Gasteiger partial charge >= 0.3 is 5.63 Å². The van der Waals surface area contributed by atoms with E-state index in [0.29, 0.717) is 24.3 Å². The van der Waals surface area contributed by atoms with Gasteiger partial charge in [-0.2, -0.15) is 4.98 Å². The molecule has 0 atom stereocenters. The van der Waals surface area contributed by atoms with Crippen molar-refractivity contribution in [3.63, 3.8) is 0 Å². The number of nitrogens with zero attached hydrogens (tertiary/aromatic N) is 1. The third-order valence-corrected chi connectivity index (χ3v) is 5.98. The maximum atomic E-state index is 13.4. The lowest BCUT2D eigenvalue weighted by Gasteiger charge is -2.05. The maximum absolute atomic E-state index is 13.4. The van der Waals surface area contributed by atoms with Crippen molar-refractivity contribution in [1.82, 2.24) is 4.98 Å². The van der Waals surface area contributed by atoms with Crippen LogP contribution in [0.4, 0.5) is 8.78 Å². The van der Waals surface area contributed by atoms with Crippen LogP contribution < -0.4 is 16.1 Å². The number of aromatic hydroxyl groups is 1. The molecule has 0 unspecified atom stereocenters. The third kappa shape index (κ3) is 6.84. The van der Waals surface area contributed by atoms with Gasteiger partial charge in [0.2, 0.25) is 0 Å². The molecule has 3 aromatic rings. The fraction of sp³-hybridized carbons (Fsp3) is 0.208. The molecule has 0 aliphatic carbocycles. The first-order valence-electron chi connectivity index (χ1n) is 10.4. The predicted molar refractivity (Wildman–Crippen MR) is 129 cm³/mol. The minimum Gasteiger partial charge on any atom is -0.507 e. The zero-order chi connectivity index (χ0) is 25.5. The number of ketones is 1. The molecule has 0 bridgehead atoms. The standard InChI is InChI=1S/C24H21ClF2N2O5S/c1-13(10-19-22(25)29-24(35-19)34-15-7-8-16(26)17(27)11-15)21(31)20-18(30)12-14(33-23(20)32)6-4-2-3-5-9-28/h3,5,7-8,10-12,30H,2,4,6,9,28H2,1H3/b5-3+,13-10+. The molecule has 0 radical (unpaired) electrons. The Morgan fingerprint density at radius 2 is 2.06 bits per heavy atom. The molecule has 1 aromatic carbocycles. The van der Waals surface area contributed by atoms with E-state index in [1.54, 1.807) is 0 Å². The Labute approximate surface area is 208 Å². The van der Waals surface area contributed by atoms with Crippen LogP contribution in [0.3, 0.4) is 0 Å². The Balaban J connectivity index is 1.76. The van der Waals surface area contributed by atoms with E-state index in [1.807, 2.05) is 12.2 Å². The number of hydrogen-bond acceptors (Lipinski definition) is 8. The van der Waals surface area contributed by atoms with Crippen LogP contribution in [0.25, 0.3) is 6.08 Å². The second-order valence-corrected chi connectivity index (χ2v) is 8.68. The summed E-state index contributed by atoms with van der Waals surface area (Å²) in [6.45, 7) is 1.87. The Hall–Kier alpha value is -3.34. The number of nitrogens with two attached hydrogens (primary N) is 1. The summed E-state index contributed by atoms with van der Waals surface area (Å²) in [5.41, 5.74) is 4.01. The topological polar surface area (TPSA) is 116 Å². The number of hydrogen-bond donors (Lipinski definition) is 2. The molecular weight excluding hydrogens is 502 g/mol. The Bertz CT molecular complexity index is 1350. The molecule has 0 spiro atoms. The number of aromatic nitrogens is 1. The van der Waals surface area contributed by atoms with Gasteiger partial charge in [-0.3, -0.25) is 4.79 Å². The van der Waals surface area contributed by atoms with E-state index in [1.165, 1.54) is 25.1 Å². The highest BCUT2D eigenvalue weighted by atomic mass is 35.5.